The maximum atomic E-state index is 6.04. The molecule has 0 bridgehead atoms. The molecule has 0 atom stereocenters. The number of aryl methyl sites for hydroxylation is 1. The first kappa shape index (κ1) is 20.1. The Morgan fingerprint density at radius 2 is 1.50 bits per heavy atom. The maximum Gasteiger partial charge on any atom is 0.175 e. The van der Waals surface area contributed by atoms with Crippen LogP contribution in [0, 0.1) is 6.92 Å². The highest BCUT2D eigenvalue weighted by atomic mass is 35.5. The van der Waals surface area contributed by atoms with E-state index >= 15 is 0 Å². The van der Waals surface area contributed by atoms with Crippen LogP contribution in [-0.2, 0) is 13.1 Å². The lowest BCUT2D eigenvalue weighted by Crippen LogP contribution is -2.18. The molecule has 2 aromatic carbocycles. The van der Waals surface area contributed by atoms with Crippen LogP contribution in [0.5, 0.6) is 0 Å². The van der Waals surface area contributed by atoms with Gasteiger partial charge in [-0.3, -0.25) is 9.36 Å². The molecule has 4 rings (SSSR count). The molecular formula is C22H21ClN6S. The smallest absolute Gasteiger partial charge is 0.175 e. The Kier molecular flexibility index (Phi) is 6.11. The Morgan fingerprint density at radius 1 is 0.900 bits per heavy atom. The molecule has 0 unspecified atom stereocenters. The van der Waals surface area contributed by atoms with E-state index in [2.05, 4.69) is 52.0 Å². The topological polar surface area (TPSA) is 59.7 Å². The van der Waals surface area contributed by atoms with E-state index in [1.165, 1.54) is 11.1 Å². The number of nitrogens with zero attached hydrogens (tertiary/aromatic N) is 4. The van der Waals surface area contributed by atoms with Crippen molar-refractivity contribution in [1.29, 1.82) is 0 Å². The van der Waals surface area contributed by atoms with Crippen molar-refractivity contribution < 1.29 is 0 Å². The number of rotatable bonds is 6. The van der Waals surface area contributed by atoms with Crippen LogP contribution in [0.1, 0.15) is 16.7 Å². The molecule has 0 radical (unpaired) electrons. The number of nitrogens with one attached hydrogen (secondary N) is 2. The molecule has 2 aromatic heterocycles. The van der Waals surface area contributed by atoms with Crippen molar-refractivity contribution in [2.75, 3.05) is 10.6 Å². The summed E-state index contributed by atoms with van der Waals surface area (Å²) in [5.41, 5.74) is 5.16. The zero-order chi connectivity index (χ0) is 20.9. The molecule has 0 amide bonds. The van der Waals surface area contributed by atoms with Gasteiger partial charge in [0, 0.05) is 17.4 Å². The van der Waals surface area contributed by atoms with Gasteiger partial charge in [-0.2, -0.15) is 10.2 Å². The van der Waals surface area contributed by atoms with Gasteiger partial charge in [-0.25, -0.2) is 0 Å². The highest BCUT2D eigenvalue weighted by Crippen LogP contribution is 2.14. The van der Waals surface area contributed by atoms with E-state index in [1.54, 1.807) is 12.4 Å². The zero-order valence-electron chi connectivity index (χ0n) is 16.4. The first-order valence-electron chi connectivity index (χ1n) is 9.46. The molecule has 6 nitrogen and oxygen atoms in total. The summed E-state index contributed by atoms with van der Waals surface area (Å²) >= 11 is 11.5. The van der Waals surface area contributed by atoms with Gasteiger partial charge in [0.15, 0.2) is 5.11 Å². The van der Waals surface area contributed by atoms with Crippen LogP contribution in [0.4, 0.5) is 11.4 Å². The molecule has 152 valence electrons. The second kappa shape index (κ2) is 9.11. The Balaban J connectivity index is 1.31. The first-order valence-corrected chi connectivity index (χ1v) is 10.2. The molecule has 0 aliphatic rings. The normalized spacial score (nSPS) is 10.7. The second-order valence-electron chi connectivity index (χ2n) is 7.05. The average molecular weight is 437 g/mol. The standard InChI is InChI=1S/C22H21ClN6S/c1-16-5-7-17(8-6-16)12-28-14-20(10-24-28)26-22(30)27-21-11-25-29(15-21)13-18-3-2-4-19(23)9-18/h2-11,14-15H,12-13H2,1H3,(H2,26,27,30). The number of hydrogen-bond donors (Lipinski definition) is 2. The van der Waals surface area contributed by atoms with Crippen LogP contribution in [0.15, 0.2) is 73.3 Å². The molecule has 0 aliphatic carbocycles. The van der Waals surface area contributed by atoms with E-state index in [0.29, 0.717) is 23.2 Å². The van der Waals surface area contributed by atoms with Gasteiger partial charge in [-0.1, -0.05) is 53.6 Å². The SMILES string of the molecule is Cc1ccc(Cn2cc(NC(=S)Nc3cnn(Cc4cccc(Cl)c4)c3)cn2)cc1. The number of thiocarbonyl (C=S) groups is 1. The summed E-state index contributed by atoms with van der Waals surface area (Å²) in [5, 5.41) is 16.3. The Labute approximate surface area is 185 Å². The number of hydrogen-bond acceptors (Lipinski definition) is 3. The van der Waals surface area contributed by atoms with Gasteiger partial charge in [0.1, 0.15) is 0 Å². The molecule has 0 saturated heterocycles. The summed E-state index contributed by atoms with van der Waals surface area (Å²) in [6, 6.07) is 16.1. The van der Waals surface area contributed by atoms with E-state index < -0.39 is 0 Å². The predicted octanol–water partition coefficient (Wildman–Crippen LogP) is 4.95. The summed E-state index contributed by atoms with van der Waals surface area (Å²) < 4.78 is 3.70. The summed E-state index contributed by atoms with van der Waals surface area (Å²) in [5.74, 6) is 0. The lowest BCUT2D eigenvalue weighted by Gasteiger charge is -2.07. The Hall–Kier alpha value is -3.16. The Morgan fingerprint density at radius 3 is 2.10 bits per heavy atom. The van der Waals surface area contributed by atoms with Crippen molar-refractivity contribution in [3.63, 3.8) is 0 Å². The molecule has 2 N–H and O–H groups in total. The number of anilines is 2. The lowest BCUT2D eigenvalue weighted by atomic mass is 10.1. The van der Waals surface area contributed by atoms with Crippen molar-refractivity contribution in [3.8, 4) is 0 Å². The third-order valence-corrected chi connectivity index (χ3v) is 4.92. The third kappa shape index (κ3) is 5.46. The van der Waals surface area contributed by atoms with Gasteiger partial charge in [0.05, 0.1) is 36.9 Å². The minimum Gasteiger partial charge on any atom is -0.330 e. The van der Waals surface area contributed by atoms with E-state index in [9.17, 15) is 0 Å². The van der Waals surface area contributed by atoms with Crippen molar-refractivity contribution in [2.45, 2.75) is 20.0 Å². The lowest BCUT2D eigenvalue weighted by molar-refractivity contribution is 0.687. The predicted molar refractivity (Wildman–Crippen MR) is 125 cm³/mol. The fourth-order valence-corrected chi connectivity index (χ4v) is 3.47. The van der Waals surface area contributed by atoms with Crippen molar-refractivity contribution in [2.24, 2.45) is 0 Å². The second-order valence-corrected chi connectivity index (χ2v) is 7.89. The fraction of sp³-hybridized carbons (Fsp3) is 0.136. The first-order chi connectivity index (χ1) is 14.5. The third-order valence-electron chi connectivity index (χ3n) is 4.48. The van der Waals surface area contributed by atoms with Crippen LogP contribution >= 0.6 is 23.8 Å². The van der Waals surface area contributed by atoms with Crippen LogP contribution in [0.25, 0.3) is 0 Å². The largest absolute Gasteiger partial charge is 0.330 e. The van der Waals surface area contributed by atoms with Gasteiger partial charge in [0.25, 0.3) is 0 Å². The van der Waals surface area contributed by atoms with Crippen molar-refractivity contribution >= 4 is 40.3 Å². The summed E-state index contributed by atoms with van der Waals surface area (Å²) in [6.07, 6.45) is 7.32. The van der Waals surface area contributed by atoms with Crippen LogP contribution in [0.3, 0.4) is 0 Å². The number of benzene rings is 2. The minimum absolute atomic E-state index is 0.479. The van der Waals surface area contributed by atoms with Crippen molar-refractivity contribution in [1.82, 2.24) is 19.6 Å². The molecule has 0 saturated carbocycles. The molecular weight excluding hydrogens is 416 g/mol. The van der Waals surface area contributed by atoms with Gasteiger partial charge < -0.3 is 10.6 Å². The molecule has 30 heavy (non-hydrogen) atoms. The Bertz CT molecular complexity index is 1150. The van der Waals surface area contributed by atoms with Crippen LogP contribution in [0.2, 0.25) is 5.02 Å². The van der Waals surface area contributed by atoms with E-state index in [1.807, 2.05) is 46.0 Å². The summed E-state index contributed by atoms with van der Waals surface area (Å²) in [6.45, 7) is 3.42. The molecule has 0 spiro atoms. The quantitative estimate of drug-likeness (QED) is 0.419. The monoisotopic (exact) mass is 436 g/mol. The fourth-order valence-electron chi connectivity index (χ4n) is 3.03. The van der Waals surface area contributed by atoms with Gasteiger partial charge in [0.2, 0.25) is 0 Å². The van der Waals surface area contributed by atoms with E-state index in [4.69, 9.17) is 23.8 Å². The average Bonchev–Trinajstić information content (AvgIpc) is 3.33. The molecule has 0 aliphatic heterocycles. The highest BCUT2D eigenvalue weighted by Gasteiger charge is 2.05. The molecule has 8 heteroatoms. The maximum absolute atomic E-state index is 6.04. The minimum atomic E-state index is 0.479. The highest BCUT2D eigenvalue weighted by molar-refractivity contribution is 7.80. The van der Waals surface area contributed by atoms with Crippen LogP contribution < -0.4 is 10.6 Å². The van der Waals surface area contributed by atoms with Gasteiger partial charge in [-0.05, 0) is 42.4 Å². The van der Waals surface area contributed by atoms with Crippen LogP contribution in [-0.4, -0.2) is 24.7 Å². The number of aromatic nitrogens is 4. The van der Waals surface area contributed by atoms with E-state index in [-0.39, 0.29) is 0 Å². The van der Waals surface area contributed by atoms with Gasteiger partial charge in [-0.15, -0.1) is 0 Å². The molecule has 4 aromatic rings. The van der Waals surface area contributed by atoms with Crippen molar-refractivity contribution in [3.05, 3.63) is 95.0 Å². The molecule has 0 fully saturated rings. The molecule has 2 heterocycles. The zero-order valence-corrected chi connectivity index (χ0v) is 18.0. The summed E-state index contributed by atoms with van der Waals surface area (Å²) in [4.78, 5) is 0. The van der Waals surface area contributed by atoms with E-state index in [0.717, 1.165) is 16.9 Å². The summed E-state index contributed by atoms with van der Waals surface area (Å²) in [7, 11) is 0. The number of halogens is 1. The van der Waals surface area contributed by atoms with Gasteiger partial charge >= 0.3 is 0 Å².